The Morgan fingerprint density at radius 2 is 1.89 bits per heavy atom. The third-order valence-corrected chi connectivity index (χ3v) is 4.45. The van der Waals surface area contributed by atoms with E-state index in [1.54, 1.807) is 0 Å². The van der Waals surface area contributed by atoms with E-state index in [0.717, 1.165) is 5.56 Å². The average Bonchev–Trinajstić information content (AvgIpc) is 2.37. The van der Waals surface area contributed by atoms with E-state index in [0.29, 0.717) is 13.0 Å². The molecule has 0 fully saturated rings. The number of aliphatic hydroxyl groups is 1. The van der Waals surface area contributed by atoms with Crippen LogP contribution in [0.1, 0.15) is 12.0 Å². The molecular formula is C12H20N2O3S. The summed E-state index contributed by atoms with van der Waals surface area (Å²) in [6.45, 7) is 0.558. The van der Waals surface area contributed by atoms with Crippen molar-refractivity contribution in [1.29, 1.82) is 0 Å². The van der Waals surface area contributed by atoms with Gasteiger partial charge < -0.3 is 10.8 Å². The molecular weight excluding hydrogens is 252 g/mol. The predicted molar refractivity (Wildman–Crippen MR) is 71.4 cm³/mol. The Balaban J connectivity index is 2.76. The molecule has 1 rings (SSSR count). The highest BCUT2D eigenvalue weighted by molar-refractivity contribution is 7.89. The van der Waals surface area contributed by atoms with Crippen molar-refractivity contribution in [2.24, 2.45) is 5.73 Å². The van der Waals surface area contributed by atoms with E-state index in [4.69, 9.17) is 10.8 Å². The van der Waals surface area contributed by atoms with Gasteiger partial charge in [-0.2, -0.15) is 4.31 Å². The zero-order chi connectivity index (χ0) is 13.4. The van der Waals surface area contributed by atoms with Gasteiger partial charge in [0.2, 0.25) is 10.0 Å². The molecule has 0 aliphatic carbocycles. The molecule has 5 nitrogen and oxygen atoms in total. The fourth-order valence-electron chi connectivity index (χ4n) is 1.61. The molecule has 6 heteroatoms. The maximum Gasteiger partial charge on any atom is 0.214 e. The second-order valence-electron chi connectivity index (χ2n) is 4.00. The van der Waals surface area contributed by atoms with Crippen LogP contribution in [0, 0.1) is 0 Å². The first-order valence-corrected chi connectivity index (χ1v) is 7.53. The number of hydrogen-bond acceptors (Lipinski definition) is 4. The Hall–Kier alpha value is -0.950. The second-order valence-corrected chi connectivity index (χ2v) is 6.09. The van der Waals surface area contributed by atoms with Crippen molar-refractivity contribution in [3.63, 3.8) is 0 Å². The molecule has 0 unspecified atom stereocenters. The van der Waals surface area contributed by atoms with E-state index in [1.807, 2.05) is 30.3 Å². The van der Waals surface area contributed by atoms with Gasteiger partial charge in [-0.3, -0.25) is 0 Å². The lowest BCUT2D eigenvalue weighted by molar-refractivity contribution is 0.251. The van der Waals surface area contributed by atoms with Crippen molar-refractivity contribution < 1.29 is 13.5 Å². The van der Waals surface area contributed by atoms with Gasteiger partial charge in [0.25, 0.3) is 0 Å². The van der Waals surface area contributed by atoms with Gasteiger partial charge in [-0.25, -0.2) is 8.42 Å². The number of benzene rings is 1. The minimum Gasteiger partial charge on any atom is -0.395 e. The van der Waals surface area contributed by atoms with Crippen molar-refractivity contribution in [1.82, 2.24) is 4.31 Å². The Kier molecular flexibility index (Phi) is 6.28. The van der Waals surface area contributed by atoms with Crippen molar-refractivity contribution in [2.45, 2.75) is 13.0 Å². The maximum absolute atomic E-state index is 12.0. The van der Waals surface area contributed by atoms with Gasteiger partial charge in [0.05, 0.1) is 12.4 Å². The predicted octanol–water partition coefficient (Wildman–Crippen LogP) is 0.160. The van der Waals surface area contributed by atoms with Crippen LogP contribution in [0.2, 0.25) is 0 Å². The lowest BCUT2D eigenvalue weighted by Gasteiger charge is -2.21. The quantitative estimate of drug-likeness (QED) is 0.706. The number of nitrogens with zero attached hydrogens (tertiary/aromatic N) is 1. The largest absolute Gasteiger partial charge is 0.395 e. The molecule has 0 saturated heterocycles. The van der Waals surface area contributed by atoms with Crippen molar-refractivity contribution >= 4 is 10.0 Å². The maximum atomic E-state index is 12.0. The summed E-state index contributed by atoms with van der Waals surface area (Å²) in [6.07, 6.45) is 0.430. The minimum absolute atomic E-state index is 0.0241. The first-order chi connectivity index (χ1) is 8.60. The number of hydrogen-bond donors (Lipinski definition) is 2. The lowest BCUT2D eigenvalue weighted by atomic mass is 10.2. The van der Waals surface area contributed by atoms with E-state index in [1.165, 1.54) is 4.31 Å². The summed E-state index contributed by atoms with van der Waals surface area (Å²) in [5.74, 6) is 0.0241. The highest BCUT2D eigenvalue weighted by Gasteiger charge is 2.20. The molecule has 0 aliphatic heterocycles. The number of aliphatic hydroxyl groups excluding tert-OH is 1. The Labute approximate surface area is 108 Å². The molecule has 18 heavy (non-hydrogen) atoms. The van der Waals surface area contributed by atoms with E-state index < -0.39 is 10.0 Å². The summed E-state index contributed by atoms with van der Waals surface area (Å²) in [5, 5.41) is 8.97. The summed E-state index contributed by atoms with van der Waals surface area (Å²) in [6, 6.07) is 9.33. The zero-order valence-corrected chi connectivity index (χ0v) is 11.1. The molecule has 0 radical (unpaired) electrons. The number of sulfonamides is 1. The standard InChI is InChI=1S/C12H20N2O3S/c13-7-4-10-18(16,17)14(8-9-15)11-12-5-2-1-3-6-12/h1-3,5-6,15H,4,7-11,13H2. The molecule has 102 valence electrons. The average molecular weight is 272 g/mol. The van der Waals surface area contributed by atoms with Gasteiger partial charge in [0.15, 0.2) is 0 Å². The van der Waals surface area contributed by atoms with Crippen LogP contribution in [0.25, 0.3) is 0 Å². The molecule has 0 spiro atoms. The third-order valence-electron chi connectivity index (χ3n) is 2.55. The normalized spacial score (nSPS) is 11.9. The van der Waals surface area contributed by atoms with Crippen LogP contribution >= 0.6 is 0 Å². The van der Waals surface area contributed by atoms with Crippen LogP contribution in [0.3, 0.4) is 0 Å². The van der Waals surface area contributed by atoms with E-state index in [2.05, 4.69) is 0 Å². The number of nitrogens with two attached hydrogens (primary N) is 1. The molecule has 3 N–H and O–H groups in total. The zero-order valence-electron chi connectivity index (χ0n) is 10.3. The molecule has 0 heterocycles. The van der Waals surface area contributed by atoms with Crippen molar-refractivity contribution in [3.05, 3.63) is 35.9 Å². The Bertz CT molecular complexity index is 434. The SMILES string of the molecule is NCCCS(=O)(=O)N(CCO)Cc1ccccc1. The summed E-state index contributed by atoms with van der Waals surface area (Å²) in [5.41, 5.74) is 6.23. The summed E-state index contributed by atoms with van der Waals surface area (Å²) in [7, 11) is -3.35. The van der Waals surface area contributed by atoms with E-state index >= 15 is 0 Å². The molecule has 0 atom stereocenters. The van der Waals surface area contributed by atoms with Gasteiger partial charge in [-0.05, 0) is 18.5 Å². The first-order valence-electron chi connectivity index (χ1n) is 5.93. The van der Waals surface area contributed by atoms with Gasteiger partial charge >= 0.3 is 0 Å². The van der Waals surface area contributed by atoms with Crippen LogP contribution in [-0.4, -0.2) is 43.3 Å². The second kappa shape index (κ2) is 7.48. The lowest BCUT2D eigenvalue weighted by Crippen LogP contribution is -2.35. The molecule has 0 saturated carbocycles. The van der Waals surface area contributed by atoms with Crippen LogP contribution in [-0.2, 0) is 16.6 Å². The fourth-order valence-corrected chi connectivity index (χ4v) is 3.11. The van der Waals surface area contributed by atoms with Crippen LogP contribution in [0.15, 0.2) is 30.3 Å². The summed E-state index contributed by atoms with van der Waals surface area (Å²) >= 11 is 0. The first kappa shape index (κ1) is 15.1. The molecule has 0 aliphatic rings. The van der Waals surface area contributed by atoms with E-state index in [9.17, 15) is 8.42 Å². The summed E-state index contributed by atoms with van der Waals surface area (Å²) in [4.78, 5) is 0. The highest BCUT2D eigenvalue weighted by atomic mass is 32.2. The Morgan fingerprint density at radius 3 is 2.44 bits per heavy atom. The molecule has 0 aromatic heterocycles. The summed E-state index contributed by atoms with van der Waals surface area (Å²) < 4.78 is 25.4. The Morgan fingerprint density at radius 1 is 1.22 bits per heavy atom. The highest BCUT2D eigenvalue weighted by Crippen LogP contribution is 2.10. The van der Waals surface area contributed by atoms with Crippen LogP contribution < -0.4 is 5.73 Å². The molecule has 0 bridgehead atoms. The van der Waals surface area contributed by atoms with Crippen molar-refractivity contribution in [2.75, 3.05) is 25.4 Å². The van der Waals surface area contributed by atoms with Gasteiger partial charge in [-0.15, -0.1) is 0 Å². The van der Waals surface area contributed by atoms with Gasteiger partial charge in [0.1, 0.15) is 0 Å². The van der Waals surface area contributed by atoms with Crippen LogP contribution in [0.4, 0.5) is 0 Å². The topological polar surface area (TPSA) is 83.6 Å². The molecule has 1 aromatic carbocycles. The minimum atomic E-state index is -3.35. The smallest absolute Gasteiger partial charge is 0.214 e. The third kappa shape index (κ3) is 4.73. The van der Waals surface area contributed by atoms with Gasteiger partial charge in [0, 0.05) is 13.1 Å². The number of rotatable bonds is 8. The molecule has 0 amide bonds. The molecule has 1 aromatic rings. The van der Waals surface area contributed by atoms with Gasteiger partial charge in [-0.1, -0.05) is 30.3 Å². The van der Waals surface area contributed by atoms with Crippen LogP contribution in [0.5, 0.6) is 0 Å². The fraction of sp³-hybridized carbons (Fsp3) is 0.500. The van der Waals surface area contributed by atoms with E-state index in [-0.39, 0.29) is 25.4 Å². The van der Waals surface area contributed by atoms with Crippen molar-refractivity contribution in [3.8, 4) is 0 Å². The monoisotopic (exact) mass is 272 g/mol.